The van der Waals surface area contributed by atoms with Gasteiger partial charge in [0.25, 0.3) is 0 Å². The van der Waals surface area contributed by atoms with Gasteiger partial charge in [-0.2, -0.15) is 0 Å². The number of hydrogen-bond donors (Lipinski definition) is 2. The zero-order chi connectivity index (χ0) is 13.8. The van der Waals surface area contributed by atoms with Crippen molar-refractivity contribution >= 4 is 29.1 Å². The van der Waals surface area contributed by atoms with Crippen molar-refractivity contribution in [3.05, 3.63) is 22.7 Å². The molecule has 1 aromatic carbocycles. The molecule has 1 atom stereocenters. The number of ether oxygens (including phenoxy) is 2. The number of hydrogen-bond acceptors (Lipinski definition) is 4. The Bertz CT molecular complexity index is 481. The minimum Gasteiger partial charge on any atom is -0.486 e. The summed E-state index contributed by atoms with van der Waals surface area (Å²) in [5.41, 5.74) is 0.545. The molecule has 1 heterocycles. The molecule has 5 nitrogen and oxygen atoms in total. The van der Waals surface area contributed by atoms with Gasteiger partial charge in [0.15, 0.2) is 11.5 Å². The van der Waals surface area contributed by atoms with Gasteiger partial charge in [0.2, 0.25) is 5.91 Å². The highest BCUT2D eigenvalue weighted by Gasteiger charge is 2.19. The van der Waals surface area contributed by atoms with Gasteiger partial charge in [-0.25, -0.2) is 0 Å². The van der Waals surface area contributed by atoms with Crippen LogP contribution in [0.25, 0.3) is 0 Å². The molecule has 2 N–H and O–H groups in total. The van der Waals surface area contributed by atoms with Crippen LogP contribution in [0.4, 0.5) is 0 Å². The van der Waals surface area contributed by atoms with Crippen LogP contribution >= 0.6 is 23.2 Å². The summed E-state index contributed by atoms with van der Waals surface area (Å²) in [6.45, 7) is 0.938. The molecule has 1 aromatic rings. The molecule has 19 heavy (non-hydrogen) atoms. The van der Waals surface area contributed by atoms with E-state index in [-0.39, 0.29) is 18.3 Å². The molecule has 0 radical (unpaired) electrons. The van der Waals surface area contributed by atoms with Gasteiger partial charge in [-0.05, 0) is 17.7 Å². The largest absolute Gasteiger partial charge is 0.486 e. The first kappa shape index (κ1) is 14.2. The molecule has 0 bridgehead atoms. The number of fused-ring (bicyclic) bond motifs is 1. The fourth-order valence-electron chi connectivity index (χ4n) is 1.70. The van der Waals surface area contributed by atoms with Crippen molar-refractivity contribution in [2.75, 3.05) is 25.6 Å². The van der Waals surface area contributed by atoms with E-state index in [0.717, 1.165) is 0 Å². The van der Waals surface area contributed by atoms with Gasteiger partial charge in [0.05, 0.1) is 11.1 Å². The number of carbonyl (C=O) groups is 1. The summed E-state index contributed by atoms with van der Waals surface area (Å²) < 4.78 is 10.8. The van der Waals surface area contributed by atoms with Crippen LogP contribution in [0, 0.1) is 0 Å². The molecule has 1 aliphatic heterocycles. The summed E-state index contributed by atoms with van der Waals surface area (Å²) in [5, 5.41) is 12.8. The van der Waals surface area contributed by atoms with Gasteiger partial charge in [-0.1, -0.05) is 11.6 Å². The third-order valence-electron chi connectivity index (χ3n) is 2.62. The normalized spacial score (nSPS) is 14.9. The zero-order valence-electron chi connectivity index (χ0n) is 9.99. The average molecular weight is 306 g/mol. The number of halogens is 2. The van der Waals surface area contributed by atoms with Gasteiger partial charge in [-0.3, -0.25) is 4.79 Å². The van der Waals surface area contributed by atoms with Crippen molar-refractivity contribution in [1.82, 2.24) is 5.32 Å². The molecule has 0 spiro atoms. The first-order valence-electron chi connectivity index (χ1n) is 5.71. The third-order valence-corrected chi connectivity index (χ3v) is 3.14. The van der Waals surface area contributed by atoms with Gasteiger partial charge in [0.1, 0.15) is 19.1 Å². The van der Waals surface area contributed by atoms with Crippen LogP contribution < -0.4 is 14.8 Å². The molecule has 1 aliphatic rings. The Morgan fingerprint density at radius 3 is 2.89 bits per heavy atom. The molecule has 0 fully saturated rings. The van der Waals surface area contributed by atoms with E-state index < -0.39 is 6.10 Å². The standard InChI is InChI=1S/C12H13Cl2NO4/c13-5-11(17)15-6-9(16)7-3-8(14)12-10(4-7)18-1-2-19-12/h3-4,9,16H,1-2,5-6H2,(H,15,17). The average Bonchev–Trinajstić information content (AvgIpc) is 2.44. The number of alkyl halides is 1. The van der Waals surface area contributed by atoms with Crippen LogP contribution in [0.1, 0.15) is 11.7 Å². The maximum absolute atomic E-state index is 11.0. The Kier molecular flexibility index (Phi) is 4.74. The van der Waals surface area contributed by atoms with E-state index in [2.05, 4.69) is 5.32 Å². The van der Waals surface area contributed by atoms with Gasteiger partial charge < -0.3 is 19.9 Å². The quantitative estimate of drug-likeness (QED) is 0.827. The van der Waals surface area contributed by atoms with Crippen molar-refractivity contribution in [2.45, 2.75) is 6.10 Å². The highest BCUT2D eigenvalue weighted by molar-refractivity contribution is 6.32. The molecule has 1 unspecified atom stereocenters. The molecule has 7 heteroatoms. The second-order valence-corrected chi connectivity index (χ2v) is 4.65. The number of amides is 1. The monoisotopic (exact) mass is 305 g/mol. The lowest BCUT2D eigenvalue weighted by molar-refractivity contribution is -0.119. The van der Waals surface area contributed by atoms with Gasteiger partial charge in [-0.15, -0.1) is 11.6 Å². The van der Waals surface area contributed by atoms with E-state index in [1.165, 1.54) is 0 Å². The van der Waals surface area contributed by atoms with Crippen LogP contribution in [0.5, 0.6) is 11.5 Å². The molecule has 0 aromatic heterocycles. The topological polar surface area (TPSA) is 67.8 Å². The van der Waals surface area contributed by atoms with Crippen molar-refractivity contribution in [2.24, 2.45) is 0 Å². The molecule has 2 rings (SSSR count). The highest BCUT2D eigenvalue weighted by Crippen LogP contribution is 2.39. The Hall–Kier alpha value is -1.17. The van der Waals surface area contributed by atoms with E-state index in [1.54, 1.807) is 12.1 Å². The summed E-state index contributed by atoms with van der Waals surface area (Å²) in [4.78, 5) is 11.0. The summed E-state index contributed by atoms with van der Waals surface area (Å²) in [7, 11) is 0. The van der Waals surface area contributed by atoms with Gasteiger partial charge in [0, 0.05) is 6.54 Å². The second kappa shape index (κ2) is 6.32. The second-order valence-electron chi connectivity index (χ2n) is 3.98. The number of aliphatic hydroxyl groups is 1. The molecule has 0 saturated carbocycles. The van der Waals surface area contributed by atoms with E-state index in [4.69, 9.17) is 32.7 Å². The SMILES string of the molecule is O=C(CCl)NCC(O)c1cc(Cl)c2c(c1)OCCO2. The zero-order valence-corrected chi connectivity index (χ0v) is 11.5. The minimum atomic E-state index is -0.888. The molecule has 104 valence electrons. The lowest BCUT2D eigenvalue weighted by atomic mass is 10.1. The maximum atomic E-state index is 11.0. The smallest absolute Gasteiger partial charge is 0.235 e. The Morgan fingerprint density at radius 2 is 2.16 bits per heavy atom. The van der Waals surface area contributed by atoms with Crippen LogP contribution in [-0.4, -0.2) is 36.7 Å². The number of aliphatic hydroxyl groups excluding tert-OH is 1. The Labute approximate surface area is 120 Å². The summed E-state index contributed by atoms with van der Waals surface area (Å²) in [6.07, 6.45) is -0.888. The number of carbonyl (C=O) groups excluding carboxylic acids is 1. The van der Waals surface area contributed by atoms with Crippen LogP contribution in [0.2, 0.25) is 5.02 Å². The first-order valence-corrected chi connectivity index (χ1v) is 6.63. The minimum absolute atomic E-state index is 0.0571. The lowest BCUT2D eigenvalue weighted by Gasteiger charge is -2.21. The molecule has 0 aliphatic carbocycles. The van der Waals surface area contributed by atoms with Crippen LogP contribution in [0.3, 0.4) is 0 Å². The van der Waals surface area contributed by atoms with Crippen LogP contribution in [-0.2, 0) is 4.79 Å². The van der Waals surface area contributed by atoms with Crippen molar-refractivity contribution < 1.29 is 19.4 Å². The highest BCUT2D eigenvalue weighted by atomic mass is 35.5. The van der Waals surface area contributed by atoms with E-state index in [9.17, 15) is 9.90 Å². The Morgan fingerprint density at radius 1 is 1.42 bits per heavy atom. The molecular weight excluding hydrogens is 293 g/mol. The number of rotatable bonds is 4. The summed E-state index contributed by atoms with van der Waals surface area (Å²) >= 11 is 11.4. The van der Waals surface area contributed by atoms with Crippen molar-refractivity contribution in [3.8, 4) is 11.5 Å². The van der Waals surface area contributed by atoms with Crippen molar-refractivity contribution in [3.63, 3.8) is 0 Å². The van der Waals surface area contributed by atoms with E-state index >= 15 is 0 Å². The van der Waals surface area contributed by atoms with E-state index in [0.29, 0.717) is 35.3 Å². The lowest BCUT2D eigenvalue weighted by Crippen LogP contribution is -2.29. The molecular formula is C12H13Cl2NO4. The van der Waals surface area contributed by atoms with Gasteiger partial charge >= 0.3 is 0 Å². The molecule has 1 amide bonds. The predicted molar refractivity (Wildman–Crippen MR) is 71.1 cm³/mol. The fraction of sp³-hybridized carbons (Fsp3) is 0.417. The summed E-state index contributed by atoms with van der Waals surface area (Å²) in [6, 6.07) is 3.24. The first-order chi connectivity index (χ1) is 9.11. The predicted octanol–water partition coefficient (Wildman–Crippen LogP) is 1.50. The third kappa shape index (κ3) is 3.43. The maximum Gasteiger partial charge on any atom is 0.235 e. The van der Waals surface area contributed by atoms with E-state index in [1.807, 2.05) is 0 Å². The fourth-order valence-corrected chi connectivity index (χ4v) is 2.07. The van der Waals surface area contributed by atoms with Crippen LogP contribution in [0.15, 0.2) is 12.1 Å². The molecule has 0 saturated heterocycles. The van der Waals surface area contributed by atoms with Crippen molar-refractivity contribution in [1.29, 1.82) is 0 Å². The Balaban J connectivity index is 2.11. The summed E-state index contributed by atoms with van der Waals surface area (Å²) in [5.74, 6) is 0.490. The number of benzene rings is 1. The number of nitrogens with one attached hydrogen (secondary N) is 1.